The van der Waals surface area contributed by atoms with Crippen molar-refractivity contribution in [3.63, 3.8) is 0 Å². The van der Waals surface area contributed by atoms with E-state index >= 15 is 0 Å². The van der Waals surface area contributed by atoms with Crippen LogP contribution in [-0.4, -0.2) is 53.3 Å². The summed E-state index contributed by atoms with van der Waals surface area (Å²) in [4.78, 5) is 6.50. The lowest BCUT2D eigenvalue weighted by atomic mass is 10.0. The van der Waals surface area contributed by atoms with Gasteiger partial charge >= 0.3 is 0 Å². The molecule has 1 atom stereocenters. The van der Waals surface area contributed by atoms with E-state index in [2.05, 4.69) is 30.7 Å². The van der Waals surface area contributed by atoms with E-state index < -0.39 is 0 Å². The number of aromatic nitrogens is 3. The van der Waals surface area contributed by atoms with Crippen LogP contribution in [0.25, 0.3) is 5.65 Å². The van der Waals surface area contributed by atoms with Gasteiger partial charge in [0.25, 0.3) is 0 Å². The van der Waals surface area contributed by atoms with Gasteiger partial charge in [-0.25, -0.2) is 4.39 Å². The summed E-state index contributed by atoms with van der Waals surface area (Å²) in [6, 6.07) is 11.4. The maximum absolute atomic E-state index is 14.3. The highest BCUT2D eigenvalue weighted by Gasteiger charge is 2.23. The van der Waals surface area contributed by atoms with Crippen LogP contribution in [0.1, 0.15) is 30.7 Å². The third-order valence-corrected chi connectivity index (χ3v) is 5.68. The van der Waals surface area contributed by atoms with Gasteiger partial charge in [-0.2, -0.15) is 0 Å². The molecule has 164 valence electrons. The van der Waals surface area contributed by atoms with Gasteiger partial charge in [-0.15, -0.1) is 10.2 Å². The number of rotatable bonds is 6. The molecule has 8 heteroatoms. The first-order chi connectivity index (χ1) is 15.1. The van der Waals surface area contributed by atoms with Crippen LogP contribution in [-0.2, 0) is 6.42 Å². The number of halogens is 1. The topological polar surface area (TPSA) is 69.8 Å². The van der Waals surface area contributed by atoms with Gasteiger partial charge in [0.1, 0.15) is 11.6 Å². The minimum atomic E-state index is -0.158. The van der Waals surface area contributed by atoms with Crippen molar-refractivity contribution in [1.82, 2.24) is 25.2 Å². The number of aryl methyl sites for hydroxylation is 2. The van der Waals surface area contributed by atoms with Crippen LogP contribution in [0.2, 0.25) is 0 Å². The van der Waals surface area contributed by atoms with Gasteiger partial charge in [-0.05, 0) is 56.0 Å². The van der Waals surface area contributed by atoms with E-state index in [1.807, 2.05) is 47.9 Å². The molecule has 0 aliphatic carbocycles. The Balaban J connectivity index is 1.27. The maximum Gasteiger partial charge on any atom is 0.191 e. The fraction of sp³-hybridized carbons (Fsp3) is 0.435. The molecule has 1 aliphatic heterocycles. The molecular weight excluding hydrogens is 393 g/mol. The summed E-state index contributed by atoms with van der Waals surface area (Å²) in [6.07, 6.45) is 5.80. The maximum atomic E-state index is 14.3. The molecular formula is C23H30FN7. The van der Waals surface area contributed by atoms with E-state index in [9.17, 15) is 4.39 Å². The molecule has 2 N–H and O–H groups in total. The molecule has 0 amide bonds. The van der Waals surface area contributed by atoms with Crippen LogP contribution < -0.4 is 15.5 Å². The van der Waals surface area contributed by atoms with Crippen LogP contribution >= 0.6 is 0 Å². The normalized spacial score (nSPS) is 17.2. The third-order valence-electron chi connectivity index (χ3n) is 5.68. The highest BCUT2D eigenvalue weighted by molar-refractivity contribution is 5.80. The molecule has 0 saturated carbocycles. The molecule has 0 bridgehead atoms. The zero-order valence-electron chi connectivity index (χ0n) is 18.2. The van der Waals surface area contributed by atoms with E-state index in [1.165, 1.54) is 0 Å². The second kappa shape index (κ2) is 9.76. The first-order valence-electron chi connectivity index (χ1n) is 10.9. The van der Waals surface area contributed by atoms with Gasteiger partial charge in [-0.1, -0.05) is 12.1 Å². The van der Waals surface area contributed by atoms with E-state index in [4.69, 9.17) is 0 Å². The fourth-order valence-corrected chi connectivity index (χ4v) is 4.08. The smallest absolute Gasteiger partial charge is 0.191 e. The van der Waals surface area contributed by atoms with Crippen LogP contribution in [0, 0.1) is 12.7 Å². The molecule has 1 unspecified atom stereocenters. The van der Waals surface area contributed by atoms with Gasteiger partial charge in [-0.3, -0.25) is 9.39 Å². The lowest BCUT2D eigenvalue weighted by Gasteiger charge is -2.35. The molecule has 1 saturated heterocycles. The molecule has 4 rings (SSSR count). The quantitative estimate of drug-likeness (QED) is 0.362. The predicted molar refractivity (Wildman–Crippen MR) is 122 cm³/mol. The first kappa shape index (κ1) is 21.1. The zero-order chi connectivity index (χ0) is 21.6. The molecule has 3 heterocycles. The summed E-state index contributed by atoms with van der Waals surface area (Å²) in [5.41, 5.74) is 2.63. The minimum absolute atomic E-state index is 0.158. The number of hydrogen-bond acceptors (Lipinski definition) is 4. The van der Waals surface area contributed by atoms with Crippen molar-refractivity contribution in [2.75, 3.05) is 31.6 Å². The molecule has 7 nitrogen and oxygen atoms in total. The number of anilines is 1. The van der Waals surface area contributed by atoms with Crippen LogP contribution in [0.3, 0.4) is 0 Å². The third kappa shape index (κ3) is 5.13. The Labute approximate surface area is 182 Å². The second-order valence-electron chi connectivity index (χ2n) is 8.03. The molecule has 0 spiro atoms. The van der Waals surface area contributed by atoms with E-state index in [0.29, 0.717) is 5.69 Å². The number of hydrogen-bond donors (Lipinski definition) is 2. The van der Waals surface area contributed by atoms with Gasteiger partial charge in [0.2, 0.25) is 0 Å². The van der Waals surface area contributed by atoms with Crippen molar-refractivity contribution >= 4 is 17.3 Å². The Bertz CT molecular complexity index is 1050. The summed E-state index contributed by atoms with van der Waals surface area (Å²) >= 11 is 0. The lowest BCUT2D eigenvalue weighted by Crippen LogP contribution is -2.51. The van der Waals surface area contributed by atoms with E-state index in [0.717, 1.165) is 68.3 Å². The van der Waals surface area contributed by atoms with Gasteiger partial charge in [0, 0.05) is 45.3 Å². The summed E-state index contributed by atoms with van der Waals surface area (Å²) in [5, 5.41) is 15.4. The Morgan fingerprint density at radius 2 is 2.16 bits per heavy atom. The summed E-state index contributed by atoms with van der Waals surface area (Å²) in [7, 11) is 1.78. The molecule has 31 heavy (non-hydrogen) atoms. The summed E-state index contributed by atoms with van der Waals surface area (Å²) < 4.78 is 16.3. The van der Waals surface area contributed by atoms with Gasteiger partial charge in [0.15, 0.2) is 11.6 Å². The van der Waals surface area contributed by atoms with Crippen molar-refractivity contribution in [1.29, 1.82) is 0 Å². The fourth-order valence-electron chi connectivity index (χ4n) is 4.08. The number of fused-ring (bicyclic) bond motifs is 1. The van der Waals surface area contributed by atoms with E-state index in [-0.39, 0.29) is 11.9 Å². The largest absolute Gasteiger partial charge is 0.367 e. The summed E-state index contributed by atoms with van der Waals surface area (Å²) in [6.45, 7) is 4.41. The Hall–Kier alpha value is -3.16. The first-order valence-corrected chi connectivity index (χ1v) is 10.9. The highest BCUT2D eigenvalue weighted by atomic mass is 19.1. The number of nitrogens with zero attached hydrogens (tertiary/aromatic N) is 5. The number of aliphatic imine (C=N–C) groups is 1. The average Bonchev–Trinajstić information content (AvgIpc) is 3.21. The van der Waals surface area contributed by atoms with Gasteiger partial charge in [0.05, 0.1) is 5.69 Å². The summed E-state index contributed by atoms with van der Waals surface area (Å²) in [5.74, 6) is 1.58. The van der Waals surface area contributed by atoms with Crippen molar-refractivity contribution in [3.8, 4) is 0 Å². The minimum Gasteiger partial charge on any atom is -0.367 e. The Kier molecular flexibility index (Phi) is 6.64. The van der Waals surface area contributed by atoms with Crippen molar-refractivity contribution in [2.45, 2.75) is 38.6 Å². The Morgan fingerprint density at radius 1 is 1.26 bits per heavy atom. The lowest BCUT2D eigenvalue weighted by molar-refractivity contribution is 0.462. The molecule has 3 aromatic rings. The van der Waals surface area contributed by atoms with Crippen molar-refractivity contribution in [3.05, 3.63) is 59.8 Å². The molecule has 1 fully saturated rings. The van der Waals surface area contributed by atoms with Crippen molar-refractivity contribution < 1.29 is 4.39 Å². The number of piperidine rings is 1. The van der Waals surface area contributed by atoms with Gasteiger partial charge < -0.3 is 15.5 Å². The number of nitrogens with one attached hydrogen (secondary N) is 2. The molecule has 0 radical (unpaired) electrons. The van der Waals surface area contributed by atoms with Crippen LogP contribution in [0.15, 0.2) is 47.6 Å². The standard InChI is InChI=1S/C23H30FN7/c1-17-10-11-19(24)20(15-17)30-13-6-7-18(16-30)27-23(25-2)26-12-5-9-22-29-28-21-8-3-4-14-31(21)22/h3-4,8,10-11,14-15,18H,5-7,9,12-13,16H2,1-2H3,(H2,25,26,27). The van der Waals surface area contributed by atoms with Crippen molar-refractivity contribution in [2.24, 2.45) is 4.99 Å². The number of benzene rings is 1. The zero-order valence-corrected chi connectivity index (χ0v) is 18.2. The second-order valence-corrected chi connectivity index (χ2v) is 8.03. The SMILES string of the molecule is CN=C(NCCCc1nnc2ccccn12)NC1CCCN(c2cc(C)ccc2F)C1. The highest BCUT2D eigenvalue weighted by Crippen LogP contribution is 2.24. The molecule has 2 aromatic heterocycles. The van der Waals surface area contributed by atoms with Crippen LogP contribution in [0.5, 0.6) is 0 Å². The number of guanidine groups is 1. The average molecular weight is 424 g/mol. The monoisotopic (exact) mass is 423 g/mol. The number of pyridine rings is 1. The van der Waals surface area contributed by atoms with Crippen LogP contribution in [0.4, 0.5) is 10.1 Å². The van der Waals surface area contributed by atoms with E-state index in [1.54, 1.807) is 13.1 Å². The molecule has 1 aliphatic rings. The Morgan fingerprint density at radius 3 is 3.03 bits per heavy atom. The predicted octanol–water partition coefficient (Wildman–Crippen LogP) is 2.94. The molecule has 1 aromatic carbocycles.